The maximum absolute atomic E-state index is 12.3. The first kappa shape index (κ1) is 19.8. The average molecular weight is 362 g/mol. The Morgan fingerprint density at radius 1 is 1.23 bits per heavy atom. The fourth-order valence-electron chi connectivity index (χ4n) is 3.33. The summed E-state index contributed by atoms with van der Waals surface area (Å²) in [6, 6.07) is 8.81. The summed E-state index contributed by atoms with van der Waals surface area (Å²) in [7, 11) is 1.39. The first-order valence-electron chi connectivity index (χ1n) is 8.86. The molecule has 26 heavy (non-hydrogen) atoms. The highest BCUT2D eigenvalue weighted by molar-refractivity contribution is 5.79. The van der Waals surface area contributed by atoms with Crippen molar-refractivity contribution in [2.45, 2.75) is 51.7 Å². The van der Waals surface area contributed by atoms with Gasteiger partial charge in [-0.2, -0.15) is 0 Å². The predicted molar refractivity (Wildman–Crippen MR) is 95.3 cm³/mol. The standard InChI is InChI=1S/C19H26N2O5/c1-14(12-15-8-10-17(22)11-9-15)21(18(23)24)20(2)19(25)26-13-16-6-4-3-5-7-16/h3-7,14-15H,8-13H2,1-2H3,(H,23,24). The summed E-state index contributed by atoms with van der Waals surface area (Å²) in [4.78, 5) is 35.3. The molecule has 1 saturated carbocycles. The van der Waals surface area contributed by atoms with Gasteiger partial charge in [-0.25, -0.2) is 19.6 Å². The van der Waals surface area contributed by atoms with Crippen molar-refractivity contribution in [1.29, 1.82) is 0 Å². The third-order valence-corrected chi connectivity index (χ3v) is 4.74. The number of benzene rings is 1. The van der Waals surface area contributed by atoms with E-state index in [0.29, 0.717) is 25.2 Å². The number of carbonyl (C=O) groups is 3. The smallest absolute Gasteiger partial charge is 0.429 e. The Labute approximate surface area is 153 Å². The van der Waals surface area contributed by atoms with Crippen LogP contribution in [0.25, 0.3) is 0 Å². The van der Waals surface area contributed by atoms with E-state index in [0.717, 1.165) is 28.4 Å². The SMILES string of the molecule is CC(CC1CCC(=O)CC1)N(C(=O)O)N(C)C(=O)OCc1ccccc1. The van der Waals surface area contributed by atoms with Crippen LogP contribution >= 0.6 is 0 Å². The summed E-state index contributed by atoms with van der Waals surface area (Å²) >= 11 is 0. The Bertz CT molecular complexity index is 624. The molecule has 1 aromatic rings. The van der Waals surface area contributed by atoms with E-state index in [-0.39, 0.29) is 18.4 Å². The summed E-state index contributed by atoms with van der Waals surface area (Å²) < 4.78 is 5.21. The maximum atomic E-state index is 12.3. The first-order chi connectivity index (χ1) is 12.4. The number of ketones is 1. The minimum Gasteiger partial charge on any atom is -0.464 e. The fourth-order valence-corrected chi connectivity index (χ4v) is 3.33. The van der Waals surface area contributed by atoms with Gasteiger partial charge in [-0.15, -0.1) is 0 Å². The van der Waals surface area contributed by atoms with Crippen molar-refractivity contribution in [2.75, 3.05) is 7.05 Å². The lowest BCUT2D eigenvalue weighted by atomic mass is 9.84. The Morgan fingerprint density at radius 3 is 2.42 bits per heavy atom. The van der Waals surface area contributed by atoms with Gasteiger partial charge in [-0.1, -0.05) is 30.3 Å². The molecule has 7 nitrogen and oxygen atoms in total. The first-order valence-corrected chi connectivity index (χ1v) is 8.86. The molecule has 1 atom stereocenters. The summed E-state index contributed by atoms with van der Waals surface area (Å²) in [6.45, 7) is 1.85. The molecule has 0 aromatic heterocycles. The van der Waals surface area contributed by atoms with E-state index in [2.05, 4.69) is 0 Å². The van der Waals surface area contributed by atoms with Crippen LogP contribution in [0.5, 0.6) is 0 Å². The quantitative estimate of drug-likeness (QED) is 0.807. The Morgan fingerprint density at radius 2 is 1.85 bits per heavy atom. The van der Waals surface area contributed by atoms with Crippen LogP contribution in [0.2, 0.25) is 0 Å². The number of amides is 2. The number of carbonyl (C=O) groups excluding carboxylic acids is 2. The molecule has 1 unspecified atom stereocenters. The van der Waals surface area contributed by atoms with Crippen LogP contribution in [0.15, 0.2) is 30.3 Å². The van der Waals surface area contributed by atoms with Gasteiger partial charge in [0.1, 0.15) is 12.4 Å². The number of hydrogen-bond acceptors (Lipinski definition) is 4. The normalized spacial score (nSPS) is 16.0. The number of hydrogen-bond donors (Lipinski definition) is 1. The topological polar surface area (TPSA) is 87.2 Å². The van der Waals surface area contributed by atoms with Gasteiger partial charge < -0.3 is 9.84 Å². The number of hydrazine groups is 1. The number of nitrogens with zero attached hydrogens (tertiary/aromatic N) is 2. The van der Waals surface area contributed by atoms with Crippen molar-refractivity contribution in [3.8, 4) is 0 Å². The molecule has 2 rings (SSSR count). The van der Waals surface area contributed by atoms with Gasteiger partial charge in [-0.05, 0) is 37.7 Å². The van der Waals surface area contributed by atoms with E-state index in [1.807, 2.05) is 30.3 Å². The van der Waals surface area contributed by atoms with E-state index >= 15 is 0 Å². The van der Waals surface area contributed by atoms with Crippen molar-refractivity contribution < 1.29 is 24.2 Å². The highest BCUT2D eigenvalue weighted by atomic mass is 16.6. The molecular formula is C19H26N2O5. The Balaban J connectivity index is 1.92. The molecule has 2 amide bonds. The van der Waals surface area contributed by atoms with Gasteiger partial charge >= 0.3 is 12.2 Å². The van der Waals surface area contributed by atoms with Crippen molar-refractivity contribution in [2.24, 2.45) is 5.92 Å². The third-order valence-electron chi connectivity index (χ3n) is 4.74. The zero-order valence-corrected chi connectivity index (χ0v) is 15.3. The van der Waals surface area contributed by atoms with Crippen molar-refractivity contribution >= 4 is 18.0 Å². The van der Waals surface area contributed by atoms with Crippen LogP contribution in [0, 0.1) is 5.92 Å². The fraction of sp³-hybridized carbons (Fsp3) is 0.526. The zero-order valence-electron chi connectivity index (χ0n) is 15.3. The average Bonchev–Trinajstić information content (AvgIpc) is 2.62. The van der Waals surface area contributed by atoms with Gasteiger partial charge in [0, 0.05) is 19.9 Å². The van der Waals surface area contributed by atoms with Gasteiger partial charge in [0.25, 0.3) is 0 Å². The van der Waals surface area contributed by atoms with E-state index in [1.54, 1.807) is 6.92 Å². The highest BCUT2D eigenvalue weighted by Gasteiger charge is 2.31. The van der Waals surface area contributed by atoms with Crippen LogP contribution in [-0.4, -0.2) is 46.2 Å². The van der Waals surface area contributed by atoms with Crippen molar-refractivity contribution in [3.05, 3.63) is 35.9 Å². The Hall–Kier alpha value is -2.57. The maximum Gasteiger partial charge on any atom is 0.429 e. The molecular weight excluding hydrogens is 336 g/mol. The molecule has 0 spiro atoms. The molecule has 7 heteroatoms. The lowest BCUT2D eigenvalue weighted by molar-refractivity contribution is -0.121. The summed E-state index contributed by atoms with van der Waals surface area (Å²) in [5.74, 6) is 0.559. The van der Waals surface area contributed by atoms with Gasteiger partial charge in [0.2, 0.25) is 0 Å². The van der Waals surface area contributed by atoms with Gasteiger partial charge in [0.05, 0.1) is 6.04 Å². The monoisotopic (exact) mass is 362 g/mol. The van der Waals surface area contributed by atoms with E-state index in [9.17, 15) is 19.5 Å². The number of ether oxygens (including phenoxy) is 1. The molecule has 1 aromatic carbocycles. The predicted octanol–water partition coefficient (Wildman–Crippen LogP) is 3.69. The van der Waals surface area contributed by atoms with Gasteiger partial charge in [-0.3, -0.25) is 4.79 Å². The molecule has 0 saturated heterocycles. The second-order valence-corrected chi connectivity index (χ2v) is 6.76. The van der Waals surface area contributed by atoms with E-state index in [4.69, 9.17) is 4.74 Å². The third kappa shape index (κ3) is 5.47. The molecule has 0 bridgehead atoms. The molecule has 0 radical (unpaired) electrons. The Kier molecular flexibility index (Phi) is 7.00. The largest absolute Gasteiger partial charge is 0.464 e. The minimum atomic E-state index is -1.21. The summed E-state index contributed by atoms with van der Waals surface area (Å²) in [5, 5.41) is 11.5. The van der Waals surface area contributed by atoms with Crippen molar-refractivity contribution in [3.63, 3.8) is 0 Å². The van der Waals surface area contributed by atoms with E-state index < -0.39 is 12.2 Å². The summed E-state index contributed by atoms with van der Waals surface area (Å²) in [5.41, 5.74) is 0.830. The lowest BCUT2D eigenvalue weighted by Gasteiger charge is -2.35. The van der Waals surface area contributed by atoms with E-state index in [1.165, 1.54) is 7.05 Å². The molecule has 1 N–H and O–H groups in total. The second-order valence-electron chi connectivity index (χ2n) is 6.76. The highest BCUT2D eigenvalue weighted by Crippen LogP contribution is 2.27. The molecule has 1 aliphatic rings. The van der Waals surface area contributed by atoms with Crippen LogP contribution in [-0.2, 0) is 16.1 Å². The molecule has 1 fully saturated rings. The van der Waals surface area contributed by atoms with Crippen molar-refractivity contribution in [1.82, 2.24) is 10.0 Å². The minimum absolute atomic E-state index is 0.0800. The van der Waals surface area contributed by atoms with Crippen LogP contribution < -0.4 is 0 Å². The second kappa shape index (κ2) is 9.22. The number of carboxylic acid groups (broad SMARTS) is 1. The van der Waals surface area contributed by atoms with Crippen LogP contribution in [0.3, 0.4) is 0 Å². The molecule has 142 valence electrons. The van der Waals surface area contributed by atoms with Crippen LogP contribution in [0.4, 0.5) is 9.59 Å². The lowest BCUT2D eigenvalue weighted by Crippen LogP contribution is -2.52. The number of rotatable bonds is 5. The zero-order chi connectivity index (χ0) is 19.1. The summed E-state index contributed by atoms with van der Waals surface area (Å²) in [6.07, 6.45) is 1.34. The molecule has 0 heterocycles. The molecule has 1 aliphatic carbocycles. The van der Waals surface area contributed by atoms with Crippen LogP contribution in [0.1, 0.15) is 44.6 Å². The molecule has 0 aliphatic heterocycles. The number of Topliss-reactive ketones (excluding diaryl/α,β-unsaturated/α-hetero) is 1. The van der Waals surface area contributed by atoms with Gasteiger partial charge in [0.15, 0.2) is 0 Å².